The van der Waals surface area contributed by atoms with Crippen LogP contribution in [0.1, 0.15) is 0 Å². The first-order chi connectivity index (χ1) is 6.49. The van der Waals surface area contributed by atoms with Crippen LogP contribution >= 0.6 is 0 Å². The zero-order chi connectivity index (χ0) is 10.9. The molecule has 0 aromatic rings. The van der Waals surface area contributed by atoms with Crippen molar-refractivity contribution < 1.29 is 35.1 Å². The second-order valence-corrected chi connectivity index (χ2v) is 3.09. The Hall–Kier alpha value is -0.730. The van der Waals surface area contributed by atoms with Gasteiger partial charge in [0.05, 0.1) is 6.61 Å². The minimum Gasteiger partial charge on any atom is -0.479 e. The molecule has 1 rings (SSSR count). The average molecular weight is 208 g/mol. The van der Waals surface area contributed by atoms with E-state index in [1.165, 1.54) is 0 Å². The molecule has 0 aromatic heterocycles. The molecule has 7 nitrogen and oxygen atoms in total. The van der Waals surface area contributed by atoms with Gasteiger partial charge in [-0.1, -0.05) is 0 Å². The van der Waals surface area contributed by atoms with Gasteiger partial charge >= 0.3 is 5.97 Å². The van der Waals surface area contributed by atoms with Gasteiger partial charge in [-0.05, 0) is 0 Å². The monoisotopic (exact) mass is 208 g/mol. The Morgan fingerprint density at radius 2 is 1.71 bits per heavy atom. The van der Waals surface area contributed by atoms with Crippen LogP contribution in [0.15, 0.2) is 0 Å². The second kappa shape index (κ2) is 4.20. The molecule has 1 fully saturated rings. The summed E-state index contributed by atoms with van der Waals surface area (Å²) in [5, 5.41) is 44.9. The summed E-state index contributed by atoms with van der Waals surface area (Å²) in [6, 6.07) is 0. The smallest absolute Gasteiger partial charge is 0.335 e. The van der Waals surface area contributed by atoms with Crippen LogP contribution < -0.4 is 0 Å². The first-order valence-corrected chi connectivity index (χ1v) is 4.02. The SMILES string of the molecule is O=C(O)[C@H]1OC(CO)C(O)C(O)C1O. The van der Waals surface area contributed by atoms with Gasteiger partial charge < -0.3 is 30.3 Å². The fourth-order valence-electron chi connectivity index (χ4n) is 1.31. The van der Waals surface area contributed by atoms with E-state index in [2.05, 4.69) is 4.74 Å². The van der Waals surface area contributed by atoms with Gasteiger partial charge in [0.1, 0.15) is 24.4 Å². The molecule has 0 spiro atoms. The van der Waals surface area contributed by atoms with Crippen LogP contribution in [0.25, 0.3) is 0 Å². The van der Waals surface area contributed by atoms with Crippen molar-refractivity contribution in [1.82, 2.24) is 0 Å². The number of carbonyl (C=O) groups is 1. The highest BCUT2D eigenvalue weighted by Gasteiger charge is 2.46. The van der Waals surface area contributed by atoms with E-state index in [9.17, 15) is 20.1 Å². The van der Waals surface area contributed by atoms with Gasteiger partial charge in [-0.25, -0.2) is 4.79 Å². The Morgan fingerprint density at radius 1 is 1.14 bits per heavy atom. The van der Waals surface area contributed by atoms with Crippen LogP contribution in [0.4, 0.5) is 0 Å². The maximum Gasteiger partial charge on any atom is 0.335 e. The summed E-state index contributed by atoms with van der Waals surface area (Å²) in [5.41, 5.74) is 0. The standard InChI is InChI=1S/C7H12O7/c8-1-2-3(9)4(10)5(11)6(14-2)7(12)13/h2-6,8-11H,1H2,(H,12,13)/t2?,3?,4?,5?,6-/m0/s1. The molecule has 5 atom stereocenters. The van der Waals surface area contributed by atoms with Gasteiger partial charge in [-0.3, -0.25) is 0 Å². The highest BCUT2D eigenvalue weighted by atomic mass is 16.6. The molecule has 1 aliphatic rings. The quantitative estimate of drug-likeness (QED) is 0.325. The van der Waals surface area contributed by atoms with Gasteiger partial charge in [-0.15, -0.1) is 0 Å². The van der Waals surface area contributed by atoms with E-state index in [0.717, 1.165) is 0 Å². The van der Waals surface area contributed by atoms with Crippen LogP contribution in [-0.2, 0) is 9.53 Å². The molecule has 0 saturated carbocycles. The van der Waals surface area contributed by atoms with Crippen LogP contribution in [-0.4, -0.2) is 68.6 Å². The fraction of sp³-hybridized carbons (Fsp3) is 0.857. The third kappa shape index (κ3) is 1.86. The highest BCUT2D eigenvalue weighted by Crippen LogP contribution is 2.20. The number of hydrogen-bond donors (Lipinski definition) is 5. The molecular formula is C7H12O7. The van der Waals surface area contributed by atoms with Crippen molar-refractivity contribution in [2.45, 2.75) is 30.5 Å². The van der Waals surface area contributed by atoms with Gasteiger partial charge in [0.15, 0.2) is 6.10 Å². The van der Waals surface area contributed by atoms with Gasteiger partial charge in [0, 0.05) is 0 Å². The Balaban J connectivity index is 2.78. The Kier molecular flexibility index (Phi) is 3.40. The topological polar surface area (TPSA) is 127 Å². The molecule has 0 aromatic carbocycles. The number of aliphatic hydroxyl groups is 4. The van der Waals surface area contributed by atoms with E-state index in [4.69, 9.17) is 10.2 Å². The lowest BCUT2D eigenvalue weighted by molar-refractivity contribution is -0.233. The molecule has 0 bridgehead atoms. The number of aliphatic hydroxyl groups excluding tert-OH is 4. The predicted octanol–water partition coefficient (Wildman–Crippen LogP) is -3.09. The number of hydrogen-bond acceptors (Lipinski definition) is 6. The van der Waals surface area contributed by atoms with Crippen molar-refractivity contribution in [1.29, 1.82) is 0 Å². The molecule has 0 radical (unpaired) electrons. The number of carboxylic acids is 1. The van der Waals surface area contributed by atoms with Crippen LogP contribution in [0, 0.1) is 0 Å². The molecule has 1 heterocycles. The first kappa shape index (κ1) is 11.3. The Labute approximate surface area is 79.2 Å². The van der Waals surface area contributed by atoms with E-state index in [1.54, 1.807) is 0 Å². The Morgan fingerprint density at radius 3 is 2.14 bits per heavy atom. The van der Waals surface area contributed by atoms with Gasteiger partial charge in [0.2, 0.25) is 0 Å². The molecule has 14 heavy (non-hydrogen) atoms. The van der Waals surface area contributed by atoms with Crippen LogP contribution in [0.2, 0.25) is 0 Å². The molecular weight excluding hydrogens is 196 g/mol. The minimum absolute atomic E-state index is 0.630. The van der Waals surface area contributed by atoms with Crippen molar-refractivity contribution in [2.75, 3.05) is 6.61 Å². The van der Waals surface area contributed by atoms with Crippen molar-refractivity contribution in [3.63, 3.8) is 0 Å². The van der Waals surface area contributed by atoms with Gasteiger partial charge in [-0.2, -0.15) is 0 Å². The molecule has 5 N–H and O–H groups in total. The van der Waals surface area contributed by atoms with E-state index in [0.29, 0.717) is 0 Å². The number of rotatable bonds is 2. The largest absolute Gasteiger partial charge is 0.479 e. The summed E-state index contributed by atoms with van der Waals surface area (Å²) < 4.78 is 4.68. The highest BCUT2D eigenvalue weighted by molar-refractivity contribution is 5.73. The van der Waals surface area contributed by atoms with Gasteiger partial charge in [0.25, 0.3) is 0 Å². The lowest BCUT2D eigenvalue weighted by Gasteiger charge is -2.38. The third-order valence-corrected chi connectivity index (χ3v) is 2.14. The van der Waals surface area contributed by atoms with Crippen molar-refractivity contribution >= 4 is 5.97 Å². The zero-order valence-electron chi connectivity index (χ0n) is 7.15. The van der Waals surface area contributed by atoms with E-state index in [1.807, 2.05) is 0 Å². The van der Waals surface area contributed by atoms with Crippen LogP contribution in [0.5, 0.6) is 0 Å². The van der Waals surface area contributed by atoms with Crippen molar-refractivity contribution in [3.8, 4) is 0 Å². The van der Waals surface area contributed by atoms with E-state index >= 15 is 0 Å². The van der Waals surface area contributed by atoms with Crippen LogP contribution in [0.3, 0.4) is 0 Å². The lowest BCUT2D eigenvalue weighted by atomic mass is 9.95. The summed E-state index contributed by atoms with van der Waals surface area (Å²) in [6.45, 7) is -0.630. The summed E-state index contributed by atoms with van der Waals surface area (Å²) in [5.74, 6) is -1.46. The number of carboxylic acid groups (broad SMARTS) is 1. The normalized spacial score (nSPS) is 43.6. The molecule has 0 amide bonds. The third-order valence-electron chi connectivity index (χ3n) is 2.14. The maximum absolute atomic E-state index is 10.5. The molecule has 7 heteroatoms. The Bertz CT molecular complexity index is 216. The number of aliphatic carboxylic acids is 1. The lowest BCUT2D eigenvalue weighted by Crippen LogP contribution is -2.60. The minimum atomic E-state index is -1.70. The summed E-state index contributed by atoms with van der Waals surface area (Å²) in [7, 11) is 0. The molecule has 82 valence electrons. The average Bonchev–Trinajstić information content (AvgIpc) is 2.14. The zero-order valence-corrected chi connectivity index (χ0v) is 7.15. The summed E-state index contributed by atoms with van der Waals surface area (Å²) >= 11 is 0. The fourth-order valence-corrected chi connectivity index (χ4v) is 1.31. The first-order valence-electron chi connectivity index (χ1n) is 4.02. The molecule has 4 unspecified atom stereocenters. The summed E-state index contributed by atoms with van der Waals surface area (Å²) in [4.78, 5) is 10.5. The molecule has 1 saturated heterocycles. The molecule has 0 aliphatic carbocycles. The van der Waals surface area contributed by atoms with E-state index < -0.39 is 43.1 Å². The van der Waals surface area contributed by atoms with Crippen molar-refractivity contribution in [3.05, 3.63) is 0 Å². The van der Waals surface area contributed by atoms with E-state index in [-0.39, 0.29) is 0 Å². The van der Waals surface area contributed by atoms with Crippen molar-refractivity contribution in [2.24, 2.45) is 0 Å². The molecule has 1 aliphatic heterocycles. The predicted molar refractivity (Wildman–Crippen MR) is 41.4 cm³/mol. The second-order valence-electron chi connectivity index (χ2n) is 3.09. The summed E-state index contributed by atoms with van der Waals surface area (Å²) in [6.07, 6.45) is -7.67. The maximum atomic E-state index is 10.5. The number of ether oxygens (including phenoxy) is 1.